The summed E-state index contributed by atoms with van der Waals surface area (Å²) < 4.78 is 19.4. The maximum absolute atomic E-state index is 13.1. The number of carbonyl (C=O) groups is 1. The van der Waals surface area contributed by atoms with Crippen LogP contribution in [0.2, 0.25) is 0 Å². The van der Waals surface area contributed by atoms with Crippen LogP contribution in [-0.2, 0) is 17.7 Å². The van der Waals surface area contributed by atoms with E-state index in [2.05, 4.69) is 20.0 Å². The van der Waals surface area contributed by atoms with Crippen molar-refractivity contribution in [3.63, 3.8) is 0 Å². The van der Waals surface area contributed by atoms with Gasteiger partial charge < -0.3 is 4.74 Å². The summed E-state index contributed by atoms with van der Waals surface area (Å²) in [6.07, 6.45) is 4.16. The molecule has 2 rings (SSSR count). The van der Waals surface area contributed by atoms with E-state index in [9.17, 15) is 9.18 Å². The third-order valence-electron chi connectivity index (χ3n) is 2.80. The molecule has 0 atom stereocenters. The van der Waals surface area contributed by atoms with Crippen LogP contribution in [0.1, 0.15) is 35.1 Å². The van der Waals surface area contributed by atoms with Gasteiger partial charge in [-0.05, 0) is 18.1 Å². The van der Waals surface area contributed by atoms with Crippen LogP contribution in [0.3, 0.4) is 0 Å². The van der Waals surface area contributed by atoms with Crippen LogP contribution in [0.15, 0.2) is 18.5 Å². The Morgan fingerprint density at radius 1 is 1.45 bits per heavy atom. The van der Waals surface area contributed by atoms with E-state index in [1.54, 1.807) is 10.9 Å². The molecular formula is C13H15FN4O2. The van der Waals surface area contributed by atoms with Crippen LogP contribution in [0.25, 0.3) is 0 Å². The smallest absolute Gasteiger partial charge is 0.360 e. The standard InChI is InChI=1S/C13H15FN4O2/c1-3-4-11-12(13(19)20-2)16-17-18(11)8-9-5-10(14)7-15-6-9/h5-7H,3-4,8H2,1-2H3. The lowest BCUT2D eigenvalue weighted by Gasteiger charge is -2.06. The molecule has 0 saturated carbocycles. The van der Waals surface area contributed by atoms with Gasteiger partial charge in [0.2, 0.25) is 0 Å². The quantitative estimate of drug-likeness (QED) is 0.777. The molecular weight excluding hydrogens is 263 g/mol. The third-order valence-corrected chi connectivity index (χ3v) is 2.80. The summed E-state index contributed by atoms with van der Waals surface area (Å²) in [4.78, 5) is 15.4. The first-order chi connectivity index (χ1) is 9.65. The molecule has 0 aromatic carbocycles. The topological polar surface area (TPSA) is 69.9 Å². The fraction of sp³-hybridized carbons (Fsp3) is 0.385. The number of esters is 1. The lowest BCUT2D eigenvalue weighted by atomic mass is 10.2. The molecule has 20 heavy (non-hydrogen) atoms. The molecule has 0 saturated heterocycles. The van der Waals surface area contributed by atoms with Gasteiger partial charge in [-0.25, -0.2) is 13.9 Å². The van der Waals surface area contributed by atoms with Crippen LogP contribution in [0, 0.1) is 5.82 Å². The van der Waals surface area contributed by atoms with E-state index in [-0.39, 0.29) is 5.69 Å². The van der Waals surface area contributed by atoms with Gasteiger partial charge in [-0.3, -0.25) is 4.98 Å². The summed E-state index contributed by atoms with van der Waals surface area (Å²) in [6, 6.07) is 1.38. The Balaban J connectivity index is 2.31. The maximum Gasteiger partial charge on any atom is 0.360 e. The highest BCUT2D eigenvalue weighted by molar-refractivity contribution is 5.88. The van der Waals surface area contributed by atoms with E-state index in [1.807, 2.05) is 6.92 Å². The van der Waals surface area contributed by atoms with Crippen molar-refractivity contribution in [2.75, 3.05) is 7.11 Å². The SMILES string of the molecule is CCCc1c(C(=O)OC)nnn1Cc1cncc(F)c1. The number of hydrogen-bond donors (Lipinski definition) is 0. The maximum atomic E-state index is 13.1. The minimum Gasteiger partial charge on any atom is -0.464 e. The molecule has 0 fully saturated rings. The zero-order chi connectivity index (χ0) is 14.5. The van der Waals surface area contributed by atoms with Crippen molar-refractivity contribution in [3.05, 3.63) is 41.2 Å². The van der Waals surface area contributed by atoms with Gasteiger partial charge in [-0.15, -0.1) is 5.10 Å². The molecule has 0 unspecified atom stereocenters. The van der Waals surface area contributed by atoms with Crippen LogP contribution in [0.5, 0.6) is 0 Å². The normalized spacial score (nSPS) is 10.6. The second kappa shape index (κ2) is 6.23. The molecule has 0 spiro atoms. The fourth-order valence-electron chi connectivity index (χ4n) is 1.91. The summed E-state index contributed by atoms with van der Waals surface area (Å²) in [6.45, 7) is 2.30. The summed E-state index contributed by atoms with van der Waals surface area (Å²) in [5, 5.41) is 7.79. The van der Waals surface area contributed by atoms with Crippen molar-refractivity contribution in [2.24, 2.45) is 0 Å². The van der Waals surface area contributed by atoms with Crippen LogP contribution in [0.4, 0.5) is 4.39 Å². The number of halogens is 1. The van der Waals surface area contributed by atoms with Gasteiger partial charge in [0.25, 0.3) is 0 Å². The van der Waals surface area contributed by atoms with Crippen molar-refractivity contribution in [1.82, 2.24) is 20.0 Å². The first-order valence-electron chi connectivity index (χ1n) is 6.25. The highest BCUT2D eigenvalue weighted by Crippen LogP contribution is 2.12. The van der Waals surface area contributed by atoms with Gasteiger partial charge in [-0.1, -0.05) is 18.6 Å². The summed E-state index contributed by atoms with van der Waals surface area (Å²) in [5.74, 6) is -0.926. The lowest BCUT2D eigenvalue weighted by molar-refractivity contribution is 0.0592. The van der Waals surface area contributed by atoms with Gasteiger partial charge in [0, 0.05) is 6.20 Å². The van der Waals surface area contributed by atoms with Gasteiger partial charge >= 0.3 is 5.97 Å². The number of aromatic nitrogens is 4. The minimum atomic E-state index is -0.517. The first-order valence-corrected chi connectivity index (χ1v) is 6.25. The summed E-state index contributed by atoms with van der Waals surface area (Å²) in [5.41, 5.74) is 1.55. The Morgan fingerprint density at radius 3 is 2.90 bits per heavy atom. The number of carbonyl (C=O) groups excluding carboxylic acids is 1. The molecule has 0 aliphatic heterocycles. The molecule has 0 radical (unpaired) electrons. The van der Waals surface area contributed by atoms with Crippen LogP contribution < -0.4 is 0 Å². The van der Waals surface area contributed by atoms with E-state index in [0.717, 1.165) is 12.6 Å². The number of hydrogen-bond acceptors (Lipinski definition) is 5. The van der Waals surface area contributed by atoms with E-state index >= 15 is 0 Å². The fourth-order valence-corrected chi connectivity index (χ4v) is 1.91. The van der Waals surface area contributed by atoms with E-state index in [0.29, 0.717) is 24.2 Å². The van der Waals surface area contributed by atoms with Crippen molar-refractivity contribution in [3.8, 4) is 0 Å². The molecule has 6 nitrogen and oxygen atoms in total. The van der Waals surface area contributed by atoms with Crippen LogP contribution >= 0.6 is 0 Å². The van der Waals surface area contributed by atoms with Crippen molar-refractivity contribution in [2.45, 2.75) is 26.3 Å². The highest BCUT2D eigenvalue weighted by atomic mass is 19.1. The highest BCUT2D eigenvalue weighted by Gasteiger charge is 2.19. The number of pyridine rings is 1. The Morgan fingerprint density at radius 2 is 2.25 bits per heavy atom. The second-order valence-electron chi connectivity index (χ2n) is 4.30. The average Bonchev–Trinajstić information content (AvgIpc) is 2.82. The molecule has 2 aromatic heterocycles. The van der Waals surface area contributed by atoms with Crippen molar-refractivity contribution < 1.29 is 13.9 Å². The molecule has 0 aliphatic rings. The average molecular weight is 278 g/mol. The Kier molecular flexibility index (Phi) is 4.39. The van der Waals surface area contributed by atoms with E-state index in [1.165, 1.54) is 13.2 Å². The zero-order valence-corrected chi connectivity index (χ0v) is 11.3. The van der Waals surface area contributed by atoms with E-state index in [4.69, 9.17) is 0 Å². The molecule has 0 amide bonds. The minimum absolute atomic E-state index is 0.207. The molecule has 0 bridgehead atoms. The van der Waals surface area contributed by atoms with Gasteiger partial charge in [0.15, 0.2) is 5.69 Å². The third kappa shape index (κ3) is 2.98. The zero-order valence-electron chi connectivity index (χ0n) is 11.3. The van der Waals surface area contributed by atoms with E-state index < -0.39 is 11.8 Å². The van der Waals surface area contributed by atoms with Crippen LogP contribution in [-0.4, -0.2) is 33.1 Å². The molecule has 2 heterocycles. The second-order valence-corrected chi connectivity index (χ2v) is 4.30. The van der Waals surface area contributed by atoms with Gasteiger partial charge in [0.05, 0.1) is 25.5 Å². The number of nitrogens with zero attached hydrogens (tertiary/aromatic N) is 4. The first kappa shape index (κ1) is 14.1. The Bertz CT molecular complexity index is 612. The molecule has 106 valence electrons. The molecule has 0 N–H and O–H groups in total. The Labute approximate surface area is 115 Å². The molecule has 0 aliphatic carbocycles. The van der Waals surface area contributed by atoms with Crippen molar-refractivity contribution in [1.29, 1.82) is 0 Å². The predicted octanol–water partition coefficient (Wildman–Crippen LogP) is 1.60. The number of methoxy groups -OCH3 is 1. The molecule has 2 aromatic rings. The Hall–Kier alpha value is -2.31. The lowest BCUT2D eigenvalue weighted by Crippen LogP contribution is -2.10. The molecule has 7 heteroatoms. The van der Waals surface area contributed by atoms with Gasteiger partial charge in [-0.2, -0.15) is 0 Å². The summed E-state index contributed by atoms with van der Waals surface area (Å²) in [7, 11) is 1.30. The predicted molar refractivity (Wildman–Crippen MR) is 68.7 cm³/mol. The number of rotatable bonds is 5. The van der Waals surface area contributed by atoms with Crippen molar-refractivity contribution >= 4 is 5.97 Å². The monoisotopic (exact) mass is 278 g/mol. The summed E-state index contributed by atoms with van der Waals surface area (Å²) >= 11 is 0. The number of ether oxygens (including phenoxy) is 1. The van der Waals surface area contributed by atoms with Gasteiger partial charge in [0.1, 0.15) is 5.82 Å². The largest absolute Gasteiger partial charge is 0.464 e.